The number of ether oxygens (including phenoxy) is 2. The van der Waals surface area contributed by atoms with Gasteiger partial charge in [-0.25, -0.2) is 0 Å². The monoisotopic (exact) mass is 382 g/mol. The minimum Gasteiger partial charge on any atom is -0.482 e. The minimum absolute atomic E-state index is 0.0696. The molecule has 148 valence electrons. The zero-order chi connectivity index (χ0) is 20.4. The molecule has 1 N–H and O–H groups in total. The number of rotatable bonds is 4. The van der Waals surface area contributed by atoms with Gasteiger partial charge in [-0.15, -0.1) is 0 Å². The second-order valence-electron chi connectivity index (χ2n) is 7.32. The maximum absolute atomic E-state index is 12.8. The summed E-state index contributed by atoms with van der Waals surface area (Å²) in [4.78, 5) is 26.7. The predicted octanol–water partition coefficient (Wildman–Crippen LogP) is 3.24. The standard InChI is InChI=1S/C22H26N2O4/c1-13-10-14(2)20(15(3)11-13)23-19(25)12-24(5)22(26)21-16(4)27-17-8-6-7-9-18(17)28-21/h6-11,16,21H,12H2,1-5H3,(H,23,25)/t16-,21-/m1/s1. The first-order valence-corrected chi connectivity index (χ1v) is 9.31. The summed E-state index contributed by atoms with van der Waals surface area (Å²) in [6, 6.07) is 11.3. The molecule has 6 nitrogen and oxygen atoms in total. The Balaban J connectivity index is 1.65. The van der Waals surface area contributed by atoms with Crippen molar-refractivity contribution in [2.75, 3.05) is 18.9 Å². The quantitative estimate of drug-likeness (QED) is 0.882. The van der Waals surface area contributed by atoms with E-state index in [0.717, 1.165) is 22.4 Å². The second kappa shape index (κ2) is 7.92. The number of hydrogen-bond donors (Lipinski definition) is 1. The Morgan fingerprint density at radius 3 is 2.21 bits per heavy atom. The van der Waals surface area contributed by atoms with Gasteiger partial charge in [-0.2, -0.15) is 0 Å². The summed E-state index contributed by atoms with van der Waals surface area (Å²) < 4.78 is 11.6. The Kier molecular flexibility index (Phi) is 5.58. The molecule has 0 saturated carbocycles. The Morgan fingerprint density at radius 1 is 1.04 bits per heavy atom. The van der Waals surface area contributed by atoms with Crippen LogP contribution in [-0.4, -0.2) is 42.5 Å². The van der Waals surface area contributed by atoms with E-state index >= 15 is 0 Å². The molecule has 1 aliphatic heterocycles. The second-order valence-corrected chi connectivity index (χ2v) is 7.32. The van der Waals surface area contributed by atoms with Gasteiger partial charge >= 0.3 is 0 Å². The molecule has 3 rings (SSSR count). The van der Waals surface area contributed by atoms with E-state index in [-0.39, 0.29) is 18.4 Å². The van der Waals surface area contributed by atoms with E-state index < -0.39 is 12.2 Å². The molecule has 2 aromatic carbocycles. The smallest absolute Gasteiger partial charge is 0.267 e. The molecule has 2 amide bonds. The highest BCUT2D eigenvalue weighted by atomic mass is 16.6. The summed E-state index contributed by atoms with van der Waals surface area (Å²) in [6.07, 6.45) is -1.25. The van der Waals surface area contributed by atoms with Crippen LogP contribution >= 0.6 is 0 Å². The lowest BCUT2D eigenvalue weighted by molar-refractivity contribution is -0.144. The van der Waals surface area contributed by atoms with E-state index in [2.05, 4.69) is 5.32 Å². The summed E-state index contributed by atoms with van der Waals surface area (Å²) in [5.41, 5.74) is 3.92. The molecule has 1 aliphatic rings. The van der Waals surface area contributed by atoms with Crippen molar-refractivity contribution in [2.24, 2.45) is 0 Å². The molecule has 0 spiro atoms. The fraction of sp³-hybridized carbons (Fsp3) is 0.364. The first-order chi connectivity index (χ1) is 13.3. The summed E-state index contributed by atoms with van der Waals surface area (Å²) in [6.45, 7) is 7.64. The Bertz CT molecular complexity index is 886. The molecule has 28 heavy (non-hydrogen) atoms. The van der Waals surface area contributed by atoms with E-state index in [1.54, 1.807) is 26.1 Å². The van der Waals surface area contributed by atoms with Gasteiger partial charge in [-0.1, -0.05) is 29.8 Å². The third-order valence-electron chi connectivity index (χ3n) is 4.78. The SMILES string of the molecule is Cc1cc(C)c(NC(=O)CN(C)C(=O)[C@@H]2Oc3ccccc3O[C@@H]2C)c(C)c1. The molecule has 0 aromatic heterocycles. The normalized spacial score (nSPS) is 17.8. The van der Waals surface area contributed by atoms with Crippen LogP contribution in [0.4, 0.5) is 5.69 Å². The molecular weight excluding hydrogens is 356 g/mol. The largest absolute Gasteiger partial charge is 0.482 e. The Hall–Kier alpha value is -3.02. The number of anilines is 1. The van der Waals surface area contributed by atoms with Gasteiger partial charge < -0.3 is 19.7 Å². The highest BCUT2D eigenvalue weighted by Gasteiger charge is 2.36. The molecule has 0 aliphatic carbocycles. The third-order valence-corrected chi connectivity index (χ3v) is 4.78. The van der Waals surface area contributed by atoms with Gasteiger partial charge in [0, 0.05) is 12.7 Å². The zero-order valence-corrected chi connectivity index (χ0v) is 16.9. The van der Waals surface area contributed by atoms with Crippen molar-refractivity contribution in [1.29, 1.82) is 0 Å². The van der Waals surface area contributed by atoms with Gasteiger partial charge in [0.15, 0.2) is 11.5 Å². The van der Waals surface area contributed by atoms with Crippen LogP contribution in [0.15, 0.2) is 36.4 Å². The van der Waals surface area contributed by atoms with E-state index in [1.807, 2.05) is 45.0 Å². The molecule has 0 unspecified atom stereocenters. The number of carbonyl (C=O) groups excluding carboxylic acids is 2. The summed E-state index contributed by atoms with van der Waals surface area (Å²) >= 11 is 0. The maximum Gasteiger partial charge on any atom is 0.267 e. The number of carbonyl (C=O) groups is 2. The lowest BCUT2D eigenvalue weighted by atomic mass is 10.1. The van der Waals surface area contributed by atoms with Crippen molar-refractivity contribution in [3.05, 3.63) is 53.1 Å². The molecular formula is C22H26N2O4. The number of aryl methyl sites for hydroxylation is 3. The van der Waals surface area contributed by atoms with E-state index in [1.165, 1.54) is 4.90 Å². The molecule has 0 fully saturated rings. The third kappa shape index (κ3) is 4.11. The lowest BCUT2D eigenvalue weighted by Gasteiger charge is -2.33. The van der Waals surface area contributed by atoms with Crippen LogP contribution in [0.2, 0.25) is 0 Å². The highest BCUT2D eigenvalue weighted by molar-refractivity contribution is 5.96. The van der Waals surface area contributed by atoms with Crippen molar-refractivity contribution in [1.82, 2.24) is 4.90 Å². The van der Waals surface area contributed by atoms with E-state index in [4.69, 9.17) is 9.47 Å². The number of benzene rings is 2. The first kappa shape index (κ1) is 19.7. The van der Waals surface area contributed by atoms with Crippen LogP contribution in [0.25, 0.3) is 0 Å². The summed E-state index contributed by atoms with van der Waals surface area (Å²) in [5.74, 6) is 0.595. The number of amides is 2. The number of fused-ring (bicyclic) bond motifs is 1. The van der Waals surface area contributed by atoms with Crippen molar-refractivity contribution in [3.63, 3.8) is 0 Å². The molecule has 2 aromatic rings. The average molecular weight is 382 g/mol. The summed E-state index contributed by atoms with van der Waals surface area (Å²) in [7, 11) is 1.59. The summed E-state index contributed by atoms with van der Waals surface area (Å²) in [5, 5.41) is 2.92. The number of nitrogens with zero attached hydrogens (tertiary/aromatic N) is 1. The number of likely N-dealkylation sites (N-methyl/N-ethyl adjacent to an activating group) is 1. The van der Waals surface area contributed by atoms with Crippen LogP contribution in [0.5, 0.6) is 11.5 Å². The van der Waals surface area contributed by atoms with Crippen molar-refractivity contribution >= 4 is 17.5 Å². The zero-order valence-electron chi connectivity index (χ0n) is 16.9. The maximum atomic E-state index is 12.8. The minimum atomic E-state index is -0.796. The van der Waals surface area contributed by atoms with Crippen LogP contribution in [0.3, 0.4) is 0 Å². The van der Waals surface area contributed by atoms with E-state index in [0.29, 0.717) is 11.5 Å². The van der Waals surface area contributed by atoms with Gasteiger partial charge in [0.05, 0.1) is 6.54 Å². The number of nitrogens with one attached hydrogen (secondary N) is 1. The van der Waals surface area contributed by atoms with Crippen molar-refractivity contribution in [3.8, 4) is 11.5 Å². The van der Waals surface area contributed by atoms with Gasteiger partial charge in [-0.05, 0) is 51.0 Å². The lowest BCUT2D eigenvalue weighted by Crippen LogP contribution is -2.51. The predicted molar refractivity (Wildman–Crippen MR) is 108 cm³/mol. The topological polar surface area (TPSA) is 67.9 Å². The van der Waals surface area contributed by atoms with Crippen LogP contribution < -0.4 is 14.8 Å². The van der Waals surface area contributed by atoms with E-state index in [9.17, 15) is 9.59 Å². The van der Waals surface area contributed by atoms with Crippen LogP contribution in [-0.2, 0) is 9.59 Å². The van der Waals surface area contributed by atoms with Gasteiger partial charge in [-0.3, -0.25) is 9.59 Å². The number of para-hydroxylation sites is 2. The first-order valence-electron chi connectivity index (χ1n) is 9.31. The molecule has 6 heteroatoms. The van der Waals surface area contributed by atoms with Gasteiger partial charge in [0.2, 0.25) is 12.0 Å². The Labute approximate surface area is 165 Å². The van der Waals surface area contributed by atoms with Crippen molar-refractivity contribution < 1.29 is 19.1 Å². The molecule has 0 radical (unpaired) electrons. The highest BCUT2D eigenvalue weighted by Crippen LogP contribution is 2.33. The van der Waals surface area contributed by atoms with Crippen LogP contribution in [0.1, 0.15) is 23.6 Å². The molecule has 0 saturated heterocycles. The molecule has 2 atom stereocenters. The molecule has 1 heterocycles. The Morgan fingerprint density at radius 2 is 1.61 bits per heavy atom. The van der Waals surface area contributed by atoms with Gasteiger partial charge in [0.25, 0.3) is 5.91 Å². The molecule has 0 bridgehead atoms. The fourth-order valence-electron chi connectivity index (χ4n) is 3.46. The van der Waals surface area contributed by atoms with Crippen molar-refractivity contribution in [2.45, 2.75) is 39.9 Å². The number of hydrogen-bond acceptors (Lipinski definition) is 4. The fourth-order valence-corrected chi connectivity index (χ4v) is 3.46. The van der Waals surface area contributed by atoms with Crippen LogP contribution in [0, 0.1) is 20.8 Å². The van der Waals surface area contributed by atoms with Gasteiger partial charge in [0.1, 0.15) is 6.10 Å². The average Bonchev–Trinajstić information content (AvgIpc) is 2.63.